The number of hydrogen-bond donors (Lipinski definition) is 2. The molecule has 0 radical (unpaired) electrons. The lowest BCUT2D eigenvalue weighted by atomic mass is 10.2. The van der Waals surface area contributed by atoms with Crippen LogP contribution in [0.5, 0.6) is 17.5 Å². The third-order valence-electron chi connectivity index (χ3n) is 3.69. The van der Waals surface area contributed by atoms with Gasteiger partial charge < -0.3 is 29.3 Å². The van der Waals surface area contributed by atoms with E-state index in [2.05, 4.69) is 25.6 Å². The molecule has 140 valence electrons. The van der Waals surface area contributed by atoms with Crippen LogP contribution in [-0.4, -0.2) is 34.8 Å². The molecule has 4 rings (SSSR count). The molecule has 0 atom stereocenters. The molecule has 1 aliphatic rings. The molecule has 2 aromatic heterocycles. The van der Waals surface area contributed by atoms with Gasteiger partial charge in [0.1, 0.15) is 19.0 Å². The molecule has 1 aromatic carbocycles. The van der Waals surface area contributed by atoms with Gasteiger partial charge in [0.05, 0.1) is 19.4 Å². The Morgan fingerprint density at radius 1 is 1.04 bits per heavy atom. The Kier molecular flexibility index (Phi) is 4.91. The first kappa shape index (κ1) is 17.0. The van der Waals surface area contributed by atoms with Crippen LogP contribution in [0, 0.1) is 0 Å². The van der Waals surface area contributed by atoms with Crippen molar-refractivity contribution in [2.24, 2.45) is 0 Å². The molecule has 0 bridgehead atoms. The number of rotatable bonds is 7. The maximum absolute atomic E-state index is 5.60. The average molecular weight is 369 g/mol. The number of aromatic nitrogens is 3. The van der Waals surface area contributed by atoms with Crippen molar-refractivity contribution >= 4 is 17.6 Å². The highest BCUT2D eigenvalue weighted by molar-refractivity contribution is 5.60. The summed E-state index contributed by atoms with van der Waals surface area (Å²) >= 11 is 0. The van der Waals surface area contributed by atoms with E-state index in [-0.39, 0.29) is 6.01 Å². The number of anilines is 3. The summed E-state index contributed by atoms with van der Waals surface area (Å²) in [7, 11) is 0. The number of ether oxygens (including phenoxy) is 3. The molecular formula is C18H19N5O4. The van der Waals surface area contributed by atoms with Crippen molar-refractivity contribution in [3.05, 3.63) is 42.4 Å². The van der Waals surface area contributed by atoms with Crippen molar-refractivity contribution in [2.45, 2.75) is 13.5 Å². The molecule has 0 unspecified atom stereocenters. The van der Waals surface area contributed by atoms with Crippen molar-refractivity contribution in [2.75, 3.05) is 30.5 Å². The first-order valence-electron chi connectivity index (χ1n) is 8.62. The molecule has 3 aromatic rings. The summed E-state index contributed by atoms with van der Waals surface area (Å²) in [6.45, 7) is 3.85. The van der Waals surface area contributed by atoms with Gasteiger partial charge in [0.25, 0.3) is 0 Å². The highest BCUT2D eigenvalue weighted by Crippen LogP contribution is 2.33. The maximum atomic E-state index is 5.60. The highest BCUT2D eigenvalue weighted by atomic mass is 16.6. The summed E-state index contributed by atoms with van der Waals surface area (Å²) < 4.78 is 21.9. The van der Waals surface area contributed by atoms with Crippen LogP contribution in [0.2, 0.25) is 0 Å². The van der Waals surface area contributed by atoms with Gasteiger partial charge in [0, 0.05) is 11.8 Å². The molecule has 2 N–H and O–H groups in total. The fourth-order valence-electron chi connectivity index (χ4n) is 2.51. The lowest BCUT2D eigenvalue weighted by Gasteiger charge is -2.19. The van der Waals surface area contributed by atoms with Gasteiger partial charge in [-0.25, -0.2) is 0 Å². The van der Waals surface area contributed by atoms with Gasteiger partial charge in [0.15, 0.2) is 11.5 Å². The van der Waals surface area contributed by atoms with E-state index < -0.39 is 0 Å². The molecule has 1 aliphatic heterocycles. The number of benzene rings is 1. The van der Waals surface area contributed by atoms with Gasteiger partial charge in [-0.2, -0.15) is 15.0 Å². The Hall–Kier alpha value is -3.49. The second kappa shape index (κ2) is 7.81. The van der Waals surface area contributed by atoms with Gasteiger partial charge in [-0.3, -0.25) is 0 Å². The Morgan fingerprint density at radius 3 is 2.70 bits per heavy atom. The zero-order valence-corrected chi connectivity index (χ0v) is 14.8. The minimum Gasteiger partial charge on any atom is -0.486 e. The zero-order valence-electron chi connectivity index (χ0n) is 14.8. The van der Waals surface area contributed by atoms with E-state index in [4.69, 9.17) is 18.6 Å². The second-order valence-electron chi connectivity index (χ2n) is 5.61. The van der Waals surface area contributed by atoms with Crippen LogP contribution in [0.25, 0.3) is 0 Å². The topological polar surface area (TPSA) is 104 Å². The average Bonchev–Trinajstić information content (AvgIpc) is 3.20. The number of nitrogens with one attached hydrogen (secondary N) is 2. The van der Waals surface area contributed by atoms with Crippen LogP contribution in [0.1, 0.15) is 12.7 Å². The van der Waals surface area contributed by atoms with E-state index >= 15 is 0 Å². The third-order valence-corrected chi connectivity index (χ3v) is 3.69. The van der Waals surface area contributed by atoms with Crippen LogP contribution in [0.4, 0.5) is 17.6 Å². The molecule has 27 heavy (non-hydrogen) atoms. The van der Waals surface area contributed by atoms with E-state index in [0.717, 1.165) is 17.2 Å². The third kappa shape index (κ3) is 4.20. The van der Waals surface area contributed by atoms with Crippen LogP contribution < -0.4 is 24.8 Å². The molecule has 0 saturated carbocycles. The number of fused-ring (bicyclic) bond motifs is 1. The van der Waals surface area contributed by atoms with Crippen molar-refractivity contribution in [1.82, 2.24) is 15.0 Å². The van der Waals surface area contributed by atoms with E-state index in [1.807, 2.05) is 37.3 Å². The molecule has 0 amide bonds. The lowest BCUT2D eigenvalue weighted by molar-refractivity contribution is 0.171. The normalized spacial score (nSPS) is 12.5. The molecule has 3 heterocycles. The number of furan rings is 1. The Morgan fingerprint density at radius 2 is 1.89 bits per heavy atom. The molecule has 0 aliphatic carbocycles. The van der Waals surface area contributed by atoms with Gasteiger partial charge in [-0.15, -0.1) is 0 Å². The van der Waals surface area contributed by atoms with Gasteiger partial charge in [0.2, 0.25) is 11.9 Å². The summed E-state index contributed by atoms with van der Waals surface area (Å²) in [4.78, 5) is 12.9. The van der Waals surface area contributed by atoms with E-state index in [9.17, 15) is 0 Å². The zero-order chi connectivity index (χ0) is 18.5. The van der Waals surface area contributed by atoms with Crippen LogP contribution in [0.3, 0.4) is 0 Å². The van der Waals surface area contributed by atoms with Gasteiger partial charge in [-0.05, 0) is 31.2 Å². The number of hydrogen-bond acceptors (Lipinski definition) is 9. The molecular weight excluding hydrogens is 350 g/mol. The summed E-state index contributed by atoms with van der Waals surface area (Å²) in [5.41, 5.74) is 0.768. The van der Waals surface area contributed by atoms with Crippen LogP contribution >= 0.6 is 0 Å². The summed E-state index contributed by atoms with van der Waals surface area (Å²) in [5.74, 6) is 2.91. The Bertz CT molecular complexity index is 901. The van der Waals surface area contributed by atoms with Crippen molar-refractivity contribution < 1.29 is 18.6 Å². The number of nitrogens with zero attached hydrogens (tertiary/aromatic N) is 3. The largest absolute Gasteiger partial charge is 0.486 e. The monoisotopic (exact) mass is 369 g/mol. The first-order chi connectivity index (χ1) is 13.3. The second-order valence-corrected chi connectivity index (χ2v) is 5.61. The van der Waals surface area contributed by atoms with Crippen molar-refractivity contribution in [3.63, 3.8) is 0 Å². The van der Waals surface area contributed by atoms with Crippen LogP contribution in [-0.2, 0) is 6.54 Å². The van der Waals surface area contributed by atoms with E-state index in [1.165, 1.54) is 0 Å². The minimum atomic E-state index is 0.231. The van der Waals surface area contributed by atoms with Gasteiger partial charge >= 0.3 is 6.01 Å². The summed E-state index contributed by atoms with van der Waals surface area (Å²) in [6, 6.07) is 9.48. The predicted octanol–water partition coefficient (Wildman–Crippen LogP) is 2.99. The maximum Gasteiger partial charge on any atom is 0.323 e. The van der Waals surface area contributed by atoms with Crippen molar-refractivity contribution in [3.8, 4) is 17.5 Å². The van der Waals surface area contributed by atoms with E-state index in [1.54, 1.807) is 6.26 Å². The van der Waals surface area contributed by atoms with E-state index in [0.29, 0.717) is 44.0 Å². The Balaban J connectivity index is 1.53. The molecule has 0 spiro atoms. The molecule has 0 saturated heterocycles. The standard InChI is InChI=1S/C18H19N5O4/c1-2-24-18-22-16(19-11-13-4-3-7-25-13)21-17(23-18)20-12-5-6-14-15(10-12)27-9-8-26-14/h3-7,10H,2,8-9,11H2,1H3,(H2,19,20,21,22,23). The molecule has 9 nitrogen and oxygen atoms in total. The Labute approximate surface area is 155 Å². The van der Waals surface area contributed by atoms with Gasteiger partial charge in [-0.1, -0.05) is 0 Å². The lowest BCUT2D eigenvalue weighted by Crippen LogP contribution is -2.15. The predicted molar refractivity (Wildman–Crippen MR) is 97.7 cm³/mol. The highest BCUT2D eigenvalue weighted by Gasteiger charge is 2.13. The smallest absolute Gasteiger partial charge is 0.323 e. The van der Waals surface area contributed by atoms with Crippen LogP contribution in [0.15, 0.2) is 41.0 Å². The van der Waals surface area contributed by atoms with Crippen molar-refractivity contribution in [1.29, 1.82) is 0 Å². The molecule has 9 heteroatoms. The first-order valence-corrected chi connectivity index (χ1v) is 8.62. The fraction of sp³-hybridized carbons (Fsp3) is 0.278. The summed E-state index contributed by atoms with van der Waals surface area (Å²) in [6.07, 6.45) is 1.62. The SMILES string of the molecule is CCOc1nc(NCc2ccco2)nc(Nc2ccc3c(c2)OCCO3)n1. The minimum absolute atomic E-state index is 0.231. The molecule has 0 fully saturated rings. The quantitative estimate of drug-likeness (QED) is 0.650. The summed E-state index contributed by atoms with van der Waals surface area (Å²) in [5, 5.41) is 6.25. The fourth-order valence-corrected chi connectivity index (χ4v) is 2.51.